The Hall–Kier alpha value is -3.07. The zero-order valence-electron chi connectivity index (χ0n) is 15.6. The van der Waals surface area contributed by atoms with Gasteiger partial charge in [0.2, 0.25) is 10.0 Å². The third-order valence-corrected chi connectivity index (χ3v) is 5.49. The van der Waals surface area contributed by atoms with Gasteiger partial charge >= 0.3 is 5.97 Å². The van der Waals surface area contributed by atoms with Crippen LogP contribution < -0.4 is 14.4 Å². The average Bonchev–Trinajstić information content (AvgIpc) is 2.67. The molecule has 148 valence electrons. The molecule has 1 unspecified atom stereocenters. The van der Waals surface area contributed by atoms with Gasteiger partial charge in [-0.2, -0.15) is 0 Å². The number of ether oxygens (including phenoxy) is 2. The molecular formula is C19H20N2O6S. The lowest BCUT2D eigenvalue weighted by Crippen LogP contribution is -2.48. The number of hydrogen-bond acceptors (Lipinski definition) is 6. The first-order chi connectivity index (χ1) is 13.2. The molecule has 2 aromatic carbocycles. The number of fused-ring (bicyclic) bond motifs is 1. The number of carbonyl (C=O) groups is 2. The number of rotatable bonds is 4. The van der Waals surface area contributed by atoms with Crippen molar-refractivity contribution in [2.45, 2.75) is 13.0 Å². The first-order valence-electron chi connectivity index (χ1n) is 8.44. The van der Waals surface area contributed by atoms with Crippen LogP contribution in [0.1, 0.15) is 15.9 Å². The molecule has 0 spiro atoms. The summed E-state index contributed by atoms with van der Waals surface area (Å²) in [5.74, 6) is -0.741. The standard InChI is InChI=1S/C19H20N2O6S/c1-12-8-9-13(19(23)26-2)10-14(12)20-18(22)17-11-21(28(3,24)25)15-6-4-5-7-16(15)27-17/h4-10,17H,11H2,1-3H3,(H,20,22). The van der Waals surface area contributed by atoms with Crippen LogP contribution in [-0.2, 0) is 19.6 Å². The first-order valence-corrected chi connectivity index (χ1v) is 10.3. The fraction of sp³-hybridized carbons (Fsp3) is 0.263. The third-order valence-electron chi connectivity index (χ3n) is 4.34. The molecule has 3 rings (SSSR count). The average molecular weight is 404 g/mol. The van der Waals surface area contributed by atoms with E-state index in [1.54, 1.807) is 43.3 Å². The summed E-state index contributed by atoms with van der Waals surface area (Å²) in [7, 11) is -2.32. The SMILES string of the molecule is COC(=O)c1ccc(C)c(NC(=O)C2CN(S(C)(=O)=O)c3ccccc3O2)c1. The van der Waals surface area contributed by atoms with Gasteiger partial charge in [0.15, 0.2) is 6.10 Å². The van der Waals surface area contributed by atoms with Crippen LogP contribution in [0.3, 0.4) is 0 Å². The van der Waals surface area contributed by atoms with Gasteiger partial charge in [-0.15, -0.1) is 0 Å². The molecule has 28 heavy (non-hydrogen) atoms. The van der Waals surface area contributed by atoms with Crippen molar-refractivity contribution in [3.8, 4) is 5.75 Å². The predicted molar refractivity (Wildman–Crippen MR) is 104 cm³/mol. The van der Waals surface area contributed by atoms with E-state index < -0.39 is 28.0 Å². The second-order valence-corrected chi connectivity index (χ2v) is 8.29. The second-order valence-electron chi connectivity index (χ2n) is 6.38. The van der Waals surface area contributed by atoms with Crippen LogP contribution in [0.15, 0.2) is 42.5 Å². The van der Waals surface area contributed by atoms with Gasteiger partial charge in [0.1, 0.15) is 5.75 Å². The van der Waals surface area contributed by atoms with Gasteiger partial charge in [0.05, 0.1) is 31.2 Å². The van der Waals surface area contributed by atoms with E-state index in [1.807, 2.05) is 0 Å². The van der Waals surface area contributed by atoms with E-state index in [-0.39, 0.29) is 12.1 Å². The Kier molecular flexibility index (Phi) is 5.28. The monoisotopic (exact) mass is 404 g/mol. The van der Waals surface area contributed by atoms with Crippen molar-refractivity contribution in [1.82, 2.24) is 0 Å². The van der Waals surface area contributed by atoms with Crippen molar-refractivity contribution in [2.75, 3.05) is 29.5 Å². The Morgan fingerprint density at radius 2 is 1.93 bits per heavy atom. The fourth-order valence-corrected chi connectivity index (χ4v) is 3.78. The number of carbonyl (C=O) groups excluding carboxylic acids is 2. The molecule has 0 fully saturated rings. The van der Waals surface area contributed by atoms with Crippen LogP contribution in [-0.4, -0.2) is 46.3 Å². The van der Waals surface area contributed by atoms with E-state index in [2.05, 4.69) is 5.32 Å². The van der Waals surface area contributed by atoms with Crippen LogP contribution >= 0.6 is 0 Å². The molecule has 1 aliphatic heterocycles. The van der Waals surface area contributed by atoms with E-state index >= 15 is 0 Å². The van der Waals surface area contributed by atoms with E-state index in [4.69, 9.17) is 9.47 Å². The number of anilines is 2. The molecule has 0 aromatic heterocycles. The summed E-state index contributed by atoms with van der Waals surface area (Å²) in [4.78, 5) is 24.5. The minimum absolute atomic E-state index is 0.155. The van der Waals surface area contributed by atoms with Crippen LogP contribution in [0.5, 0.6) is 5.75 Å². The lowest BCUT2D eigenvalue weighted by Gasteiger charge is -2.33. The molecule has 1 N–H and O–H groups in total. The molecule has 1 atom stereocenters. The molecule has 9 heteroatoms. The number of benzene rings is 2. The predicted octanol–water partition coefficient (Wildman–Crippen LogP) is 1.95. The van der Waals surface area contributed by atoms with Gasteiger partial charge in [0.25, 0.3) is 5.91 Å². The van der Waals surface area contributed by atoms with Crippen molar-refractivity contribution in [3.05, 3.63) is 53.6 Å². The van der Waals surface area contributed by atoms with E-state index in [0.29, 0.717) is 17.1 Å². The highest BCUT2D eigenvalue weighted by atomic mass is 32.2. The van der Waals surface area contributed by atoms with Crippen LogP contribution in [0.25, 0.3) is 0 Å². The van der Waals surface area contributed by atoms with Crippen LogP contribution in [0.2, 0.25) is 0 Å². The normalized spacial score (nSPS) is 16.0. The number of aryl methyl sites for hydroxylation is 1. The minimum Gasteiger partial charge on any atom is -0.476 e. The summed E-state index contributed by atoms with van der Waals surface area (Å²) in [5, 5.41) is 2.71. The molecule has 1 aliphatic rings. The van der Waals surface area contributed by atoms with Gasteiger partial charge < -0.3 is 14.8 Å². The summed E-state index contributed by atoms with van der Waals surface area (Å²) >= 11 is 0. The Balaban J connectivity index is 1.87. The maximum Gasteiger partial charge on any atom is 0.337 e. The number of nitrogens with zero attached hydrogens (tertiary/aromatic N) is 1. The highest BCUT2D eigenvalue weighted by Crippen LogP contribution is 2.34. The number of esters is 1. The summed E-state index contributed by atoms with van der Waals surface area (Å²) < 4.78 is 35.9. The van der Waals surface area contributed by atoms with Crippen molar-refractivity contribution in [3.63, 3.8) is 0 Å². The van der Waals surface area contributed by atoms with Gasteiger partial charge in [-0.3, -0.25) is 9.10 Å². The minimum atomic E-state index is -3.60. The highest BCUT2D eigenvalue weighted by Gasteiger charge is 2.35. The highest BCUT2D eigenvalue weighted by molar-refractivity contribution is 7.92. The zero-order chi connectivity index (χ0) is 20.5. The molecule has 0 bridgehead atoms. The van der Waals surface area contributed by atoms with E-state index in [9.17, 15) is 18.0 Å². The molecular weight excluding hydrogens is 384 g/mol. The van der Waals surface area contributed by atoms with Crippen molar-refractivity contribution >= 4 is 33.3 Å². The van der Waals surface area contributed by atoms with Crippen LogP contribution in [0.4, 0.5) is 11.4 Å². The van der Waals surface area contributed by atoms with Gasteiger partial charge in [-0.1, -0.05) is 18.2 Å². The molecule has 0 saturated heterocycles. The van der Waals surface area contributed by atoms with Gasteiger partial charge in [0, 0.05) is 5.69 Å². The summed E-state index contributed by atoms with van der Waals surface area (Å²) in [6.07, 6.45) is 0.0272. The number of amides is 1. The summed E-state index contributed by atoms with van der Waals surface area (Å²) in [6.45, 7) is 1.62. The fourth-order valence-electron chi connectivity index (χ4n) is 2.87. The molecule has 1 amide bonds. The Bertz CT molecular complexity index is 1030. The molecule has 8 nitrogen and oxygen atoms in total. The smallest absolute Gasteiger partial charge is 0.337 e. The summed E-state index contributed by atoms with van der Waals surface area (Å²) in [6, 6.07) is 11.4. The zero-order valence-corrected chi connectivity index (χ0v) is 16.4. The number of nitrogens with one attached hydrogen (secondary N) is 1. The van der Waals surface area contributed by atoms with Gasteiger partial charge in [-0.25, -0.2) is 13.2 Å². The molecule has 0 radical (unpaired) electrons. The Morgan fingerprint density at radius 1 is 1.21 bits per heavy atom. The van der Waals surface area contributed by atoms with E-state index in [0.717, 1.165) is 16.1 Å². The maximum absolute atomic E-state index is 12.8. The topological polar surface area (TPSA) is 102 Å². The summed E-state index contributed by atoms with van der Waals surface area (Å²) in [5.41, 5.74) is 1.83. The first kappa shape index (κ1) is 19.7. The Morgan fingerprint density at radius 3 is 2.61 bits per heavy atom. The van der Waals surface area contributed by atoms with Crippen molar-refractivity contribution in [1.29, 1.82) is 0 Å². The number of sulfonamides is 1. The molecule has 1 heterocycles. The third kappa shape index (κ3) is 3.94. The molecule has 0 saturated carbocycles. The van der Waals surface area contributed by atoms with Gasteiger partial charge in [-0.05, 0) is 36.8 Å². The number of para-hydroxylation sites is 2. The maximum atomic E-state index is 12.8. The molecule has 2 aromatic rings. The van der Waals surface area contributed by atoms with Crippen molar-refractivity contribution in [2.24, 2.45) is 0 Å². The second kappa shape index (κ2) is 7.51. The largest absolute Gasteiger partial charge is 0.476 e. The quantitative estimate of drug-likeness (QED) is 0.782. The number of hydrogen-bond donors (Lipinski definition) is 1. The lowest BCUT2D eigenvalue weighted by atomic mass is 10.1. The Labute approximate surface area is 163 Å². The van der Waals surface area contributed by atoms with Crippen LogP contribution in [0, 0.1) is 6.92 Å². The lowest BCUT2D eigenvalue weighted by molar-refractivity contribution is -0.122. The number of methoxy groups -OCH3 is 1. The van der Waals surface area contributed by atoms with E-state index in [1.165, 1.54) is 13.2 Å². The molecule has 0 aliphatic carbocycles. The van der Waals surface area contributed by atoms with Crippen molar-refractivity contribution < 1.29 is 27.5 Å².